The Kier molecular flexibility index (Phi) is 5.82. The third-order valence-corrected chi connectivity index (χ3v) is 7.52. The highest BCUT2D eigenvalue weighted by Crippen LogP contribution is 2.55. The number of carbonyl (C=O) groups is 2. The Bertz CT molecular complexity index is 1420. The summed E-state index contributed by atoms with van der Waals surface area (Å²) in [5.74, 6) is -0.422. The molecule has 6 rings (SSSR count). The monoisotopic (exact) mass is 470 g/mol. The van der Waals surface area contributed by atoms with E-state index in [1.54, 1.807) is 0 Å². The minimum absolute atomic E-state index is 0.0828. The Morgan fingerprint density at radius 1 is 0.667 bits per heavy atom. The zero-order valence-electron chi connectivity index (χ0n) is 19.8. The second-order valence-electron chi connectivity index (χ2n) is 9.53. The quantitative estimate of drug-likeness (QED) is 0.230. The summed E-state index contributed by atoms with van der Waals surface area (Å²) in [7, 11) is 0. The maximum absolute atomic E-state index is 13.8. The van der Waals surface area contributed by atoms with Crippen molar-refractivity contribution in [2.45, 2.75) is 24.2 Å². The van der Waals surface area contributed by atoms with Crippen molar-refractivity contribution in [1.82, 2.24) is 0 Å². The summed E-state index contributed by atoms with van der Waals surface area (Å²) in [4.78, 5) is 27.2. The van der Waals surface area contributed by atoms with E-state index in [2.05, 4.69) is 30.3 Å². The van der Waals surface area contributed by atoms with E-state index >= 15 is 0 Å². The molecular weight excluding hydrogens is 444 g/mol. The minimum Gasteiger partial charge on any atom is -0.426 e. The van der Waals surface area contributed by atoms with Crippen LogP contribution in [0.15, 0.2) is 121 Å². The highest BCUT2D eigenvalue weighted by atomic mass is 16.5. The lowest BCUT2D eigenvalue weighted by Crippen LogP contribution is -2.39. The molecular formula is C33H26O3. The number of hydrogen-bond acceptors (Lipinski definition) is 3. The molecule has 4 atom stereocenters. The number of ether oxygens (including phenoxy) is 1. The van der Waals surface area contributed by atoms with Crippen LogP contribution in [0, 0.1) is 5.92 Å². The number of esters is 1. The number of fused-ring (bicyclic) bond motifs is 3. The van der Waals surface area contributed by atoms with Gasteiger partial charge in [-0.15, -0.1) is 0 Å². The molecule has 176 valence electrons. The number of rotatable bonds is 5. The average Bonchev–Trinajstić information content (AvgIpc) is 2.94. The van der Waals surface area contributed by atoms with Gasteiger partial charge in [0.2, 0.25) is 0 Å². The third-order valence-electron chi connectivity index (χ3n) is 7.52. The summed E-state index contributed by atoms with van der Waals surface area (Å²) in [6, 6.07) is 37.6. The van der Waals surface area contributed by atoms with Gasteiger partial charge in [-0.1, -0.05) is 115 Å². The average molecular weight is 471 g/mol. The maximum atomic E-state index is 13.8. The lowest BCUT2D eigenvalue weighted by Gasteiger charge is -2.44. The van der Waals surface area contributed by atoms with Crippen LogP contribution in [0.25, 0.3) is 5.76 Å². The van der Waals surface area contributed by atoms with Crippen LogP contribution in [0.3, 0.4) is 0 Å². The first-order chi connectivity index (χ1) is 17.7. The zero-order valence-corrected chi connectivity index (χ0v) is 19.8. The molecule has 2 aliphatic rings. The number of benzene rings is 4. The van der Waals surface area contributed by atoms with E-state index in [0.29, 0.717) is 17.7 Å². The summed E-state index contributed by atoms with van der Waals surface area (Å²) in [6.45, 7) is 0. The number of carbonyl (C=O) groups excluding carboxylic acids is 2. The van der Waals surface area contributed by atoms with Crippen molar-refractivity contribution < 1.29 is 14.3 Å². The van der Waals surface area contributed by atoms with Gasteiger partial charge >= 0.3 is 5.97 Å². The molecule has 0 N–H and O–H groups in total. The topological polar surface area (TPSA) is 43.4 Å². The van der Waals surface area contributed by atoms with Gasteiger partial charge in [0.1, 0.15) is 5.76 Å². The minimum atomic E-state index is -0.414. The number of allylic oxidation sites excluding steroid dienone is 1. The Morgan fingerprint density at radius 3 is 1.94 bits per heavy atom. The third kappa shape index (κ3) is 3.97. The van der Waals surface area contributed by atoms with Crippen LogP contribution in [-0.2, 0) is 9.53 Å². The fraction of sp³-hybridized carbons (Fsp3) is 0.152. The molecule has 4 aromatic carbocycles. The first kappa shape index (κ1) is 22.2. The molecule has 36 heavy (non-hydrogen) atoms. The van der Waals surface area contributed by atoms with Crippen LogP contribution in [0.2, 0.25) is 0 Å². The molecule has 4 aromatic rings. The standard InChI is InChI=1S/C33H26O3/c34-29(22-12-4-1-5-13-22)20-27-25-18-10-11-19-26(25)28-21-30(23-14-6-2-7-15-23)36-33(35)32(28)31(27)24-16-8-3-9-17-24/h1-19,21,27-28,31-32H,20H2/t27-,28-,31-,32-/m1/s1. The van der Waals surface area contributed by atoms with Gasteiger partial charge in [0.05, 0.1) is 5.92 Å². The smallest absolute Gasteiger partial charge is 0.315 e. The predicted molar refractivity (Wildman–Crippen MR) is 140 cm³/mol. The number of Topliss-reactive ketones (excluding diaryl/α,β-unsaturated/α-hetero) is 1. The SMILES string of the molecule is O=C(C[C@@H]1c2ccccc2[C@H]2C=C(c3ccccc3)OC(=O)[C@H]2[C@@H]1c1ccccc1)c1ccccc1. The molecule has 0 radical (unpaired) electrons. The molecule has 0 amide bonds. The lowest BCUT2D eigenvalue weighted by atomic mass is 9.59. The second-order valence-corrected chi connectivity index (χ2v) is 9.53. The summed E-state index contributed by atoms with van der Waals surface area (Å²) >= 11 is 0. The molecule has 0 spiro atoms. The van der Waals surface area contributed by atoms with Crippen molar-refractivity contribution in [1.29, 1.82) is 0 Å². The highest BCUT2D eigenvalue weighted by Gasteiger charge is 2.49. The fourth-order valence-electron chi connectivity index (χ4n) is 5.92. The molecule has 0 bridgehead atoms. The van der Waals surface area contributed by atoms with E-state index in [1.807, 2.05) is 91.0 Å². The predicted octanol–water partition coefficient (Wildman–Crippen LogP) is 7.14. The summed E-state index contributed by atoms with van der Waals surface area (Å²) in [6.07, 6.45) is 2.43. The molecule has 1 aliphatic heterocycles. The Hall–Kier alpha value is -4.24. The van der Waals surface area contributed by atoms with Crippen LogP contribution in [0.1, 0.15) is 56.8 Å². The van der Waals surface area contributed by atoms with Crippen molar-refractivity contribution in [2.24, 2.45) is 5.92 Å². The van der Waals surface area contributed by atoms with E-state index < -0.39 is 5.92 Å². The van der Waals surface area contributed by atoms with Gasteiger partial charge in [0.25, 0.3) is 0 Å². The maximum Gasteiger partial charge on any atom is 0.315 e. The molecule has 0 unspecified atom stereocenters. The lowest BCUT2D eigenvalue weighted by molar-refractivity contribution is -0.144. The number of ketones is 1. The number of hydrogen-bond donors (Lipinski definition) is 0. The van der Waals surface area contributed by atoms with Crippen LogP contribution >= 0.6 is 0 Å². The largest absolute Gasteiger partial charge is 0.426 e. The normalized spacial score (nSPS) is 22.6. The molecule has 0 fully saturated rings. The molecule has 0 aromatic heterocycles. The van der Waals surface area contributed by atoms with Crippen LogP contribution in [-0.4, -0.2) is 11.8 Å². The Labute approximate surface area is 211 Å². The highest BCUT2D eigenvalue weighted by molar-refractivity contribution is 5.97. The van der Waals surface area contributed by atoms with Crippen molar-refractivity contribution >= 4 is 17.5 Å². The van der Waals surface area contributed by atoms with Crippen molar-refractivity contribution in [3.05, 3.63) is 149 Å². The van der Waals surface area contributed by atoms with Crippen LogP contribution in [0.4, 0.5) is 0 Å². The van der Waals surface area contributed by atoms with Crippen molar-refractivity contribution in [3.63, 3.8) is 0 Å². The van der Waals surface area contributed by atoms with Gasteiger partial charge in [0, 0.05) is 29.4 Å². The fourth-order valence-corrected chi connectivity index (χ4v) is 5.92. The molecule has 0 saturated heterocycles. The Balaban J connectivity index is 1.51. The summed E-state index contributed by atoms with van der Waals surface area (Å²) < 4.78 is 5.98. The molecule has 3 nitrogen and oxygen atoms in total. The van der Waals surface area contributed by atoms with Gasteiger partial charge < -0.3 is 4.74 Å². The van der Waals surface area contributed by atoms with Crippen LogP contribution < -0.4 is 0 Å². The van der Waals surface area contributed by atoms with E-state index in [9.17, 15) is 9.59 Å². The van der Waals surface area contributed by atoms with Crippen molar-refractivity contribution in [3.8, 4) is 0 Å². The van der Waals surface area contributed by atoms with E-state index in [1.165, 1.54) is 0 Å². The first-order valence-electron chi connectivity index (χ1n) is 12.4. The van der Waals surface area contributed by atoms with E-state index in [4.69, 9.17) is 4.74 Å². The van der Waals surface area contributed by atoms with E-state index in [0.717, 1.165) is 22.3 Å². The van der Waals surface area contributed by atoms with Gasteiger partial charge in [-0.25, -0.2) is 0 Å². The molecule has 0 saturated carbocycles. The molecule has 3 heteroatoms. The van der Waals surface area contributed by atoms with Crippen molar-refractivity contribution in [2.75, 3.05) is 0 Å². The first-order valence-corrected chi connectivity index (χ1v) is 12.4. The van der Waals surface area contributed by atoms with E-state index in [-0.39, 0.29) is 29.5 Å². The number of cyclic esters (lactones) is 1. The zero-order chi connectivity index (χ0) is 24.5. The second kappa shape index (κ2) is 9.43. The molecule has 1 heterocycles. The van der Waals surface area contributed by atoms with Gasteiger partial charge in [-0.3, -0.25) is 9.59 Å². The Morgan fingerprint density at radius 2 is 1.25 bits per heavy atom. The van der Waals surface area contributed by atoms with Gasteiger partial charge in [-0.05, 0) is 28.7 Å². The van der Waals surface area contributed by atoms with Gasteiger partial charge in [0.15, 0.2) is 5.78 Å². The summed E-state index contributed by atoms with van der Waals surface area (Å²) in [5.41, 5.74) is 4.88. The molecule has 1 aliphatic carbocycles. The van der Waals surface area contributed by atoms with Gasteiger partial charge in [-0.2, -0.15) is 0 Å². The summed E-state index contributed by atoms with van der Waals surface area (Å²) in [5, 5.41) is 0. The van der Waals surface area contributed by atoms with Crippen LogP contribution in [0.5, 0.6) is 0 Å².